The second kappa shape index (κ2) is 5.51. The summed E-state index contributed by atoms with van der Waals surface area (Å²) in [5, 5.41) is 5.55. The summed E-state index contributed by atoms with van der Waals surface area (Å²) in [5.41, 5.74) is 8.95. The quantitative estimate of drug-likeness (QED) is 0.677. The highest BCUT2D eigenvalue weighted by molar-refractivity contribution is 7.64. The van der Waals surface area contributed by atoms with Crippen molar-refractivity contribution in [1.29, 1.82) is 0 Å². The maximum atomic E-state index is 5.99. The molecule has 96 valence electrons. The van der Waals surface area contributed by atoms with Gasteiger partial charge in [-0.05, 0) is 31.5 Å². The van der Waals surface area contributed by atoms with Crippen molar-refractivity contribution in [3.05, 3.63) is 36.2 Å². The molecule has 0 bridgehead atoms. The van der Waals surface area contributed by atoms with E-state index in [1.165, 1.54) is 5.30 Å². The van der Waals surface area contributed by atoms with Crippen molar-refractivity contribution in [1.82, 2.24) is 9.78 Å². The van der Waals surface area contributed by atoms with Gasteiger partial charge < -0.3 is 10.5 Å². The van der Waals surface area contributed by atoms with Gasteiger partial charge in [0.1, 0.15) is 0 Å². The normalized spacial score (nSPS) is 11.1. The first-order valence-corrected chi connectivity index (χ1v) is 7.95. The molecule has 5 heteroatoms. The fourth-order valence-corrected chi connectivity index (χ4v) is 2.79. The van der Waals surface area contributed by atoms with Crippen LogP contribution in [0.1, 0.15) is 5.56 Å². The van der Waals surface area contributed by atoms with Crippen LogP contribution in [0.5, 0.6) is 0 Å². The Bertz CT molecular complexity index is 537. The topological polar surface area (TPSA) is 53.1 Å². The lowest BCUT2D eigenvalue weighted by Gasteiger charge is -2.11. The summed E-state index contributed by atoms with van der Waals surface area (Å²) in [5.74, 6) is 0. The van der Waals surface area contributed by atoms with E-state index in [1.807, 2.05) is 29.2 Å². The van der Waals surface area contributed by atoms with Crippen molar-refractivity contribution in [2.45, 2.75) is 6.61 Å². The Morgan fingerprint density at radius 3 is 2.83 bits per heavy atom. The number of ether oxygens (including phenoxy) is 1. The highest BCUT2D eigenvalue weighted by atomic mass is 31.1. The SMILES string of the molecule is COCc1cnn(-c2ccc(N)c(P(C)C)c2)c1. The molecule has 0 saturated heterocycles. The molecule has 0 unspecified atom stereocenters. The Hall–Kier alpha value is -1.38. The zero-order chi connectivity index (χ0) is 13.1. The van der Waals surface area contributed by atoms with Gasteiger partial charge >= 0.3 is 0 Å². The molecule has 0 fully saturated rings. The zero-order valence-corrected chi connectivity index (χ0v) is 11.8. The van der Waals surface area contributed by atoms with Gasteiger partial charge in [-0.2, -0.15) is 5.10 Å². The van der Waals surface area contributed by atoms with Crippen molar-refractivity contribution >= 4 is 18.9 Å². The van der Waals surface area contributed by atoms with Gasteiger partial charge in [0, 0.05) is 29.9 Å². The smallest absolute Gasteiger partial charge is 0.0743 e. The maximum Gasteiger partial charge on any atom is 0.0743 e. The lowest BCUT2D eigenvalue weighted by atomic mass is 10.3. The lowest BCUT2D eigenvalue weighted by Crippen LogP contribution is -2.09. The summed E-state index contributed by atoms with van der Waals surface area (Å²) >= 11 is 0. The van der Waals surface area contributed by atoms with Gasteiger partial charge in [0.25, 0.3) is 0 Å². The Kier molecular flexibility index (Phi) is 4.00. The molecule has 0 spiro atoms. The van der Waals surface area contributed by atoms with E-state index in [0.717, 1.165) is 16.9 Å². The molecule has 1 aromatic heterocycles. The number of rotatable bonds is 4. The Balaban J connectivity index is 2.35. The number of hydrogen-bond acceptors (Lipinski definition) is 3. The molecule has 0 amide bonds. The molecule has 0 aliphatic rings. The minimum absolute atomic E-state index is 0.214. The lowest BCUT2D eigenvalue weighted by molar-refractivity contribution is 0.185. The van der Waals surface area contributed by atoms with Crippen molar-refractivity contribution in [3.63, 3.8) is 0 Å². The van der Waals surface area contributed by atoms with E-state index in [-0.39, 0.29) is 7.92 Å². The van der Waals surface area contributed by atoms with E-state index >= 15 is 0 Å². The average Bonchev–Trinajstić information content (AvgIpc) is 2.78. The molecule has 0 aliphatic heterocycles. The third-order valence-electron chi connectivity index (χ3n) is 2.71. The molecule has 4 nitrogen and oxygen atoms in total. The van der Waals surface area contributed by atoms with Crippen LogP contribution in [0.2, 0.25) is 0 Å². The largest absolute Gasteiger partial charge is 0.398 e. The molecule has 0 radical (unpaired) electrons. The molecule has 18 heavy (non-hydrogen) atoms. The number of nitrogens with zero attached hydrogens (tertiary/aromatic N) is 2. The summed E-state index contributed by atoms with van der Waals surface area (Å²) in [6.45, 7) is 4.98. The van der Waals surface area contributed by atoms with Crippen LogP contribution in [0.25, 0.3) is 5.69 Å². The standard InChI is InChI=1S/C13H18N3OP/c1-17-9-10-7-15-16(8-10)11-4-5-12(14)13(6-11)18(2)3/h4-8H,9,14H2,1-3H3. The number of nitrogen functional groups attached to an aromatic ring is 1. The summed E-state index contributed by atoms with van der Waals surface area (Å²) in [4.78, 5) is 0. The van der Waals surface area contributed by atoms with Gasteiger partial charge in [0.2, 0.25) is 0 Å². The summed E-state index contributed by atoms with van der Waals surface area (Å²) < 4.78 is 6.95. The van der Waals surface area contributed by atoms with Crippen LogP contribution in [0, 0.1) is 0 Å². The number of nitrogens with two attached hydrogens (primary N) is 1. The molecule has 0 atom stereocenters. The third kappa shape index (κ3) is 2.71. The maximum absolute atomic E-state index is 5.99. The molecule has 0 aliphatic carbocycles. The van der Waals surface area contributed by atoms with Gasteiger partial charge in [-0.1, -0.05) is 7.92 Å². The molecule has 1 aromatic carbocycles. The van der Waals surface area contributed by atoms with Gasteiger partial charge in [-0.25, -0.2) is 4.68 Å². The Morgan fingerprint density at radius 2 is 2.17 bits per heavy atom. The van der Waals surface area contributed by atoms with E-state index in [4.69, 9.17) is 10.5 Å². The van der Waals surface area contributed by atoms with Crippen molar-refractivity contribution in [2.24, 2.45) is 0 Å². The van der Waals surface area contributed by atoms with Crippen LogP contribution in [0.4, 0.5) is 5.69 Å². The van der Waals surface area contributed by atoms with E-state index in [1.54, 1.807) is 7.11 Å². The average molecular weight is 263 g/mol. The van der Waals surface area contributed by atoms with Gasteiger partial charge in [0.15, 0.2) is 0 Å². The second-order valence-corrected chi connectivity index (χ2v) is 6.63. The van der Waals surface area contributed by atoms with Gasteiger partial charge in [-0.15, -0.1) is 0 Å². The predicted molar refractivity (Wildman–Crippen MR) is 77.1 cm³/mol. The van der Waals surface area contributed by atoms with E-state index in [2.05, 4.69) is 24.5 Å². The minimum Gasteiger partial charge on any atom is -0.398 e. The molecule has 0 saturated carbocycles. The number of anilines is 1. The zero-order valence-electron chi connectivity index (χ0n) is 10.9. The monoisotopic (exact) mass is 263 g/mol. The highest BCUT2D eigenvalue weighted by Gasteiger charge is 2.07. The highest BCUT2D eigenvalue weighted by Crippen LogP contribution is 2.28. The summed E-state index contributed by atoms with van der Waals surface area (Å²) in [6.07, 6.45) is 3.80. The summed E-state index contributed by atoms with van der Waals surface area (Å²) in [6, 6.07) is 6.05. The van der Waals surface area contributed by atoms with E-state index in [0.29, 0.717) is 6.61 Å². The van der Waals surface area contributed by atoms with Crippen LogP contribution in [0.15, 0.2) is 30.6 Å². The Labute approximate surface area is 109 Å². The fraction of sp³-hybridized carbons (Fsp3) is 0.308. The summed E-state index contributed by atoms with van der Waals surface area (Å²) in [7, 11) is 1.47. The fourth-order valence-electron chi connectivity index (χ4n) is 1.80. The molecule has 2 N–H and O–H groups in total. The van der Waals surface area contributed by atoms with E-state index < -0.39 is 0 Å². The number of aromatic nitrogens is 2. The predicted octanol–water partition coefficient (Wildman–Crippen LogP) is 1.97. The number of methoxy groups -OCH3 is 1. The third-order valence-corrected chi connectivity index (χ3v) is 4.06. The molecular weight excluding hydrogens is 245 g/mol. The first kappa shape index (κ1) is 13.1. The Morgan fingerprint density at radius 1 is 1.39 bits per heavy atom. The number of hydrogen-bond donors (Lipinski definition) is 1. The number of benzene rings is 1. The van der Waals surface area contributed by atoms with Crippen molar-refractivity contribution in [3.8, 4) is 5.69 Å². The van der Waals surface area contributed by atoms with Crippen molar-refractivity contribution < 1.29 is 4.74 Å². The van der Waals surface area contributed by atoms with Crippen LogP contribution in [-0.2, 0) is 11.3 Å². The molecule has 2 rings (SSSR count). The first-order valence-electron chi connectivity index (χ1n) is 5.71. The van der Waals surface area contributed by atoms with Crippen LogP contribution in [0.3, 0.4) is 0 Å². The van der Waals surface area contributed by atoms with Crippen LogP contribution >= 0.6 is 7.92 Å². The molecule has 1 heterocycles. The van der Waals surface area contributed by atoms with Crippen LogP contribution in [-0.4, -0.2) is 30.2 Å². The molecular formula is C13H18N3OP. The van der Waals surface area contributed by atoms with Crippen LogP contribution < -0.4 is 11.0 Å². The van der Waals surface area contributed by atoms with E-state index in [9.17, 15) is 0 Å². The van der Waals surface area contributed by atoms with Gasteiger partial charge in [-0.3, -0.25) is 0 Å². The second-order valence-electron chi connectivity index (χ2n) is 4.36. The van der Waals surface area contributed by atoms with Gasteiger partial charge in [0.05, 0.1) is 18.5 Å². The first-order chi connectivity index (χ1) is 8.61. The van der Waals surface area contributed by atoms with Crippen molar-refractivity contribution in [2.75, 3.05) is 26.2 Å². The minimum atomic E-state index is -0.214. The molecule has 2 aromatic rings.